The molecule has 0 fully saturated rings. The van der Waals surface area contributed by atoms with Gasteiger partial charge in [-0.2, -0.15) is 9.47 Å². The van der Waals surface area contributed by atoms with Gasteiger partial charge in [-0.15, -0.1) is 0 Å². The van der Waals surface area contributed by atoms with Crippen molar-refractivity contribution >= 4 is 34.2 Å². The maximum atomic E-state index is 11.9. The Morgan fingerprint density at radius 3 is 2.90 bits per heavy atom. The number of aryl methyl sites for hydroxylation is 1. The van der Waals surface area contributed by atoms with Crippen molar-refractivity contribution in [3.05, 3.63) is 52.5 Å². The predicted molar refractivity (Wildman–Crippen MR) is 86.5 cm³/mol. The minimum absolute atomic E-state index is 0.111. The summed E-state index contributed by atoms with van der Waals surface area (Å²) in [6.07, 6.45) is 0. The topological polar surface area (TPSA) is 66.4 Å². The van der Waals surface area contributed by atoms with E-state index in [1.54, 1.807) is 17.8 Å². The van der Waals surface area contributed by atoms with Crippen LogP contribution in [-0.4, -0.2) is 21.9 Å². The zero-order valence-electron chi connectivity index (χ0n) is 11.4. The van der Waals surface area contributed by atoms with Crippen LogP contribution in [0, 0.1) is 6.92 Å². The summed E-state index contributed by atoms with van der Waals surface area (Å²) < 4.78 is 4.09. The number of nitrogens with zero attached hydrogens (tertiary/aromatic N) is 2. The molecule has 1 unspecified atom stereocenters. The lowest BCUT2D eigenvalue weighted by Crippen LogP contribution is -2.28. The molecule has 0 aliphatic carbocycles. The van der Waals surface area contributed by atoms with Gasteiger partial charge >= 0.3 is 0 Å². The number of hydrogen-bond donors (Lipinski definition) is 2. The van der Waals surface area contributed by atoms with E-state index in [1.165, 1.54) is 17.1 Å². The average molecular weight is 318 g/mol. The number of carbonyl (C=O) groups is 1. The first-order valence-electron chi connectivity index (χ1n) is 6.47. The van der Waals surface area contributed by atoms with E-state index in [2.05, 4.69) is 32.4 Å². The number of benzene rings is 1. The minimum Gasteiger partial charge on any atom is -0.344 e. The van der Waals surface area contributed by atoms with E-state index in [0.29, 0.717) is 12.2 Å². The van der Waals surface area contributed by atoms with E-state index in [4.69, 9.17) is 0 Å². The molecule has 1 aromatic carbocycles. The van der Waals surface area contributed by atoms with Crippen LogP contribution in [0.5, 0.6) is 0 Å². The number of amides is 1. The molecule has 1 amide bonds. The first-order chi connectivity index (χ1) is 10.2. The second kappa shape index (κ2) is 6.28. The van der Waals surface area contributed by atoms with Gasteiger partial charge in [0, 0.05) is 4.88 Å². The van der Waals surface area contributed by atoms with E-state index in [-0.39, 0.29) is 11.3 Å². The maximum absolute atomic E-state index is 11.9. The minimum atomic E-state index is -0.161. The number of hydrazone groups is 1. The highest BCUT2D eigenvalue weighted by atomic mass is 32.2. The molecule has 0 spiro atoms. The van der Waals surface area contributed by atoms with Crippen molar-refractivity contribution in [2.75, 3.05) is 6.54 Å². The Morgan fingerprint density at radius 2 is 2.19 bits per heavy atom. The van der Waals surface area contributed by atoms with Gasteiger partial charge in [0.25, 0.3) is 5.91 Å². The fourth-order valence-electron chi connectivity index (χ4n) is 1.89. The third-order valence-corrected chi connectivity index (χ3v) is 4.74. The molecule has 0 saturated heterocycles. The highest BCUT2D eigenvalue weighted by Gasteiger charge is 2.21. The number of rotatable bonds is 4. The van der Waals surface area contributed by atoms with Gasteiger partial charge in [0.15, 0.2) is 0 Å². The zero-order valence-corrected chi connectivity index (χ0v) is 13.0. The van der Waals surface area contributed by atoms with Gasteiger partial charge < -0.3 is 5.32 Å². The van der Waals surface area contributed by atoms with Gasteiger partial charge in [0.1, 0.15) is 16.1 Å². The van der Waals surface area contributed by atoms with Crippen LogP contribution in [0.4, 0.5) is 0 Å². The van der Waals surface area contributed by atoms with Crippen molar-refractivity contribution in [1.82, 2.24) is 15.1 Å². The Hall–Kier alpha value is -1.86. The molecule has 3 rings (SSSR count). The van der Waals surface area contributed by atoms with Crippen LogP contribution in [-0.2, 0) is 0 Å². The Morgan fingerprint density at radius 1 is 1.38 bits per heavy atom. The summed E-state index contributed by atoms with van der Waals surface area (Å²) in [5.41, 5.74) is 4.71. The van der Waals surface area contributed by atoms with Crippen molar-refractivity contribution in [3.63, 3.8) is 0 Å². The van der Waals surface area contributed by atoms with Gasteiger partial charge in [0.2, 0.25) is 0 Å². The molecule has 2 heterocycles. The third-order valence-electron chi connectivity index (χ3n) is 2.92. The standard InChI is InChI=1S/C14H14N4OS2/c1-9-7-11(18-21-9)13(19)15-8-12-16-17-14(20-12)10-5-3-2-4-6-10/h2-7,14,17H,8H2,1H3,(H,15,19). The number of aromatic nitrogens is 1. The SMILES string of the molecule is Cc1cc(C(=O)NCC2=NNC(c3ccccc3)S2)ns1. The van der Waals surface area contributed by atoms with Crippen LogP contribution in [0.25, 0.3) is 0 Å². The second-order valence-corrected chi connectivity index (χ2v) is 6.74. The summed E-state index contributed by atoms with van der Waals surface area (Å²) in [4.78, 5) is 12.9. The highest BCUT2D eigenvalue weighted by Crippen LogP contribution is 2.30. The molecule has 108 valence electrons. The lowest BCUT2D eigenvalue weighted by molar-refractivity contribution is 0.0955. The molecule has 1 aliphatic rings. The summed E-state index contributed by atoms with van der Waals surface area (Å²) in [5, 5.41) is 8.08. The predicted octanol–water partition coefficient (Wildman–Crippen LogP) is 2.53. The number of hydrogen-bond acceptors (Lipinski definition) is 6. The van der Waals surface area contributed by atoms with Crippen molar-refractivity contribution in [2.45, 2.75) is 12.3 Å². The van der Waals surface area contributed by atoms with Crippen molar-refractivity contribution in [2.24, 2.45) is 5.10 Å². The van der Waals surface area contributed by atoms with Gasteiger partial charge in [-0.05, 0) is 30.1 Å². The largest absolute Gasteiger partial charge is 0.344 e. The van der Waals surface area contributed by atoms with Crippen LogP contribution < -0.4 is 10.7 Å². The van der Waals surface area contributed by atoms with Crippen LogP contribution in [0.15, 0.2) is 41.5 Å². The van der Waals surface area contributed by atoms with E-state index in [9.17, 15) is 4.79 Å². The van der Waals surface area contributed by atoms with Crippen LogP contribution in [0.2, 0.25) is 0 Å². The third kappa shape index (κ3) is 3.43. The fraction of sp³-hybridized carbons (Fsp3) is 0.214. The number of thioether (sulfide) groups is 1. The Labute approximate surface area is 131 Å². The van der Waals surface area contributed by atoms with Gasteiger partial charge in [-0.3, -0.25) is 10.2 Å². The molecule has 7 heteroatoms. The molecule has 21 heavy (non-hydrogen) atoms. The van der Waals surface area contributed by atoms with Crippen molar-refractivity contribution < 1.29 is 4.79 Å². The molecular weight excluding hydrogens is 304 g/mol. The molecule has 2 N–H and O–H groups in total. The first-order valence-corrected chi connectivity index (χ1v) is 8.13. The molecular formula is C14H14N4OS2. The van der Waals surface area contributed by atoms with Gasteiger partial charge in [-0.25, -0.2) is 0 Å². The summed E-state index contributed by atoms with van der Waals surface area (Å²) in [7, 11) is 0. The van der Waals surface area contributed by atoms with Crippen molar-refractivity contribution in [1.29, 1.82) is 0 Å². The van der Waals surface area contributed by atoms with Crippen molar-refractivity contribution in [3.8, 4) is 0 Å². The quantitative estimate of drug-likeness (QED) is 0.909. The zero-order chi connectivity index (χ0) is 14.7. The summed E-state index contributed by atoms with van der Waals surface area (Å²) in [5.74, 6) is -0.161. The maximum Gasteiger partial charge on any atom is 0.271 e. The summed E-state index contributed by atoms with van der Waals surface area (Å²) >= 11 is 2.94. The lowest BCUT2D eigenvalue weighted by Gasteiger charge is -2.08. The lowest BCUT2D eigenvalue weighted by atomic mass is 10.2. The normalized spacial score (nSPS) is 17.2. The van der Waals surface area contributed by atoms with Gasteiger partial charge in [-0.1, -0.05) is 42.1 Å². The molecule has 0 bridgehead atoms. The first kappa shape index (κ1) is 14.1. The number of nitrogens with one attached hydrogen (secondary N) is 2. The second-order valence-electron chi connectivity index (χ2n) is 4.55. The molecule has 0 saturated carbocycles. The fourth-order valence-corrected chi connectivity index (χ4v) is 3.36. The van der Waals surface area contributed by atoms with Crippen LogP contribution in [0.3, 0.4) is 0 Å². The summed E-state index contributed by atoms with van der Waals surface area (Å²) in [6, 6.07) is 11.9. The van der Waals surface area contributed by atoms with Gasteiger partial charge in [0.05, 0.1) is 6.54 Å². The van der Waals surface area contributed by atoms with Crippen LogP contribution in [0.1, 0.15) is 26.3 Å². The van der Waals surface area contributed by atoms with E-state index in [1.807, 2.05) is 25.1 Å². The molecule has 2 aromatic rings. The Kier molecular flexibility index (Phi) is 4.21. The number of carbonyl (C=O) groups excluding carboxylic acids is 1. The monoisotopic (exact) mass is 318 g/mol. The molecule has 1 aliphatic heterocycles. The molecule has 1 aromatic heterocycles. The Bertz CT molecular complexity index is 669. The smallest absolute Gasteiger partial charge is 0.271 e. The summed E-state index contributed by atoms with van der Waals surface area (Å²) in [6.45, 7) is 2.34. The molecule has 0 radical (unpaired) electrons. The Balaban J connectivity index is 1.52. The molecule has 1 atom stereocenters. The van der Waals surface area contributed by atoms with E-state index in [0.717, 1.165) is 9.92 Å². The van der Waals surface area contributed by atoms with E-state index >= 15 is 0 Å². The molecule has 5 nitrogen and oxygen atoms in total. The average Bonchev–Trinajstić information content (AvgIpc) is 3.15. The highest BCUT2D eigenvalue weighted by molar-refractivity contribution is 8.14. The van der Waals surface area contributed by atoms with E-state index < -0.39 is 0 Å². The van der Waals surface area contributed by atoms with Crippen LogP contribution >= 0.6 is 23.3 Å².